The van der Waals surface area contributed by atoms with E-state index in [1.165, 1.54) is 58.4 Å². The van der Waals surface area contributed by atoms with Gasteiger partial charge in [-0.3, -0.25) is 9.59 Å². The van der Waals surface area contributed by atoms with Crippen molar-refractivity contribution in [3.63, 3.8) is 0 Å². The summed E-state index contributed by atoms with van der Waals surface area (Å²) in [5.41, 5.74) is 0.738. The Labute approximate surface area is 194 Å². The zero-order valence-corrected chi connectivity index (χ0v) is 19.5. The maximum absolute atomic E-state index is 13.7. The molecule has 0 spiro atoms. The molecule has 33 heavy (non-hydrogen) atoms. The zero-order chi connectivity index (χ0) is 23.6. The third-order valence-corrected chi connectivity index (χ3v) is 8.36. The van der Waals surface area contributed by atoms with Crippen LogP contribution >= 0.6 is 11.3 Å². The van der Waals surface area contributed by atoms with Gasteiger partial charge in [0.2, 0.25) is 10.0 Å². The number of aromatic nitrogens is 1. The third kappa shape index (κ3) is 4.90. The predicted molar refractivity (Wildman–Crippen MR) is 121 cm³/mol. The lowest BCUT2D eigenvalue weighted by atomic mass is 10.2. The SMILES string of the molecule is COC(=O)Cn1c(=NC(=O)c2ccc(S(=O)(=O)N3CCCCC3)cc2)sc2cc(F)ccc21. The molecule has 0 N–H and O–H groups in total. The van der Waals surface area contributed by atoms with Gasteiger partial charge in [0.05, 0.1) is 22.2 Å². The molecule has 4 rings (SSSR count). The molecule has 11 heteroatoms. The number of hydrogen-bond acceptors (Lipinski definition) is 6. The van der Waals surface area contributed by atoms with Crippen LogP contribution in [0.2, 0.25) is 0 Å². The Hall–Kier alpha value is -2.89. The van der Waals surface area contributed by atoms with E-state index in [0.717, 1.165) is 30.6 Å². The molecule has 2 heterocycles. The Balaban J connectivity index is 1.66. The van der Waals surface area contributed by atoms with Gasteiger partial charge in [0.15, 0.2) is 4.80 Å². The summed E-state index contributed by atoms with van der Waals surface area (Å²) >= 11 is 1.06. The molecule has 8 nitrogen and oxygen atoms in total. The first-order valence-electron chi connectivity index (χ1n) is 10.3. The summed E-state index contributed by atoms with van der Waals surface area (Å²) < 4.78 is 47.5. The average Bonchev–Trinajstić information content (AvgIpc) is 3.15. The highest BCUT2D eigenvalue weighted by Crippen LogP contribution is 2.22. The lowest BCUT2D eigenvalue weighted by Crippen LogP contribution is -2.35. The Morgan fingerprint density at radius 2 is 1.79 bits per heavy atom. The number of rotatable bonds is 5. The van der Waals surface area contributed by atoms with Crippen molar-refractivity contribution in [1.82, 2.24) is 8.87 Å². The number of thiazole rings is 1. The molecule has 0 unspecified atom stereocenters. The predicted octanol–water partition coefficient (Wildman–Crippen LogP) is 2.93. The largest absolute Gasteiger partial charge is 0.468 e. The van der Waals surface area contributed by atoms with E-state index in [2.05, 4.69) is 4.99 Å². The van der Waals surface area contributed by atoms with Crippen molar-refractivity contribution in [3.8, 4) is 0 Å². The number of carbonyl (C=O) groups is 2. The fraction of sp³-hybridized carbons (Fsp3) is 0.318. The first kappa shape index (κ1) is 23.3. The van der Waals surface area contributed by atoms with Crippen LogP contribution in [0.15, 0.2) is 52.4 Å². The summed E-state index contributed by atoms with van der Waals surface area (Å²) in [7, 11) is -2.36. The first-order chi connectivity index (χ1) is 15.8. The smallest absolute Gasteiger partial charge is 0.325 e. The standard InChI is InChI=1S/C22H22FN3O5S2/c1-31-20(27)14-26-18-10-7-16(23)13-19(18)32-22(26)24-21(28)15-5-8-17(9-6-15)33(29,30)25-11-3-2-4-12-25/h5-10,13H,2-4,11-12,14H2,1H3. The number of benzene rings is 2. The third-order valence-electron chi connectivity index (χ3n) is 5.41. The lowest BCUT2D eigenvalue weighted by Gasteiger charge is -2.25. The second-order valence-corrected chi connectivity index (χ2v) is 10.5. The van der Waals surface area contributed by atoms with Gasteiger partial charge in [0, 0.05) is 18.7 Å². The quantitative estimate of drug-likeness (QED) is 0.511. The second-order valence-electron chi connectivity index (χ2n) is 7.57. The first-order valence-corrected chi connectivity index (χ1v) is 12.6. The second kappa shape index (κ2) is 9.54. The molecular weight excluding hydrogens is 469 g/mol. The zero-order valence-electron chi connectivity index (χ0n) is 17.9. The maximum Gasteiger partial charge on any atom is 0.325 e. The van der Waals surface area contributed by atoms with Crippen LogP contribution in [0.4, 0.5) is 4.39 Å². The average molecular weight is 492 g/mol. The molecule has 0 radical (unpaired) electrons. The van der Waals surface area contributed by atoms with E-state index in [0.29, 0.717) is 23.3 Å². The molecule has 1 aliphatic rings. The Kier molecular flexibility index (Phi) is 6.73. The minimum absolute atomic E-state index is 0.124. The number of ether oxygens (including phenoxy) is 1. The highest BCUT2D eigenvalue weighted by molar-refractivity contribution is 7.89. The van der Waals surface area contributed by atoms with Crippen molar-refractivity contribution < 1.29 is 27.1 Å². The molecule has 0 atom stereocenters. The number of sulfonamides is 1. The number of methoxy groups -OCH3 is 1. The topological polar surface area (TPSA) is 98.0 Å². The molecule has 0 saturated carbocycles. The van der Waals surface area contributed by atoms with Crippen LogP contribution in [0.3, 0.4) is 0 Å². The fourth-order valence-corrected chi connectivity index (χ4v) is 6.22. The van der Waals surface area contributed by atoms with E-state index >= 15 is 0 Å². The monoisotopic (exact) mass is 491 g/mol. The summed E-state index contributed by atoms with van der Waals surface area (Å²) in [6.45, 7) is 0.789. The lowest BCUT2D eigenvalue weighted by molar-refractivity contribution is -0.141. The van der Waals surface area contributed by atoms with Gasteiger partial charge in [-0.05, 0) is 55.3 Å². The summed E-state index contributed by atoms with van der Waals surface area (Å²) in [6, 6.07) is 9.70. The summed E-state index contributed by atoms with van der Waals surface area (Å²) in [5.74, 6) is -1.60. The molecule has 1 aliphatic heterocycles. The molecule has 2 aromatic carbocycles. The Bertz CT molecular complexity index is 1370. The van der Waals surface area contributed by atoms with Crippen LogP contribution in [-0.2, 0) is 26.1 Å². The molecule has 3 aromatic rings. The fourth-order valence-electron chi connectivity index (χ4n) is 3.65. The number of amides is 1. The van der Waals surface area contributed by atoms with Crippen LogP contribution in [0.5, 0.6) is 0 Å². The molecule has 1 amide bonds. The number of piperidine rings is 1. The van der Waals surface area contributed by atoms with E-state index in [1.54, 1.807) is 0 Å². The van der Waals surface area contributed by atoms with E-state index in [9.17, 15) is 22.4 Å². The van der Waals surface area contributed by atoms with Gasteiger partial charge in [-0.1, -0.05) is 17.8 Å². The highest BCUT2D eigenvalue weighted by Gasteiger charge is 2.26. The van der Waals surface area contributed by atoms with Gasteiger partial charge in [-0.25, -0.2) is 12.8 Å². The number of nitrogens with zero attached hydrogens (tertiary/aromatic N) is 3. The van der Waals surface area contributed by atoms with E-state index in [-0.39, 0.29) is 21.8 Å². The molecule has 1 saturated heterocycles. The van der Waals surface area contributed by atoms with Gasteiger partial charge in [-0.2, -0.15) is 9.30 Å². The van der Waals surface area contributed by atoms with Crippen molar-refractivity contribution in [3.05, 3.63) is 58.6 Å². The summed E-state index contributed by atoms with van der Waals surface area (Å²) in [6.07, 6.45) is 2.68. The van der Waals surface area contributed by atoms with E-state index in [4.69, 9.17) is 4.74 Å². The maximum atomic E-state index is 13.7. The highest BCUT2D eigenvalue weighted by atomic mass is 32.2. The minimum Gasteiger partial charge on any atom is -0.468 e. The number of hydrogen-bond donors (Lipinski definition) is 0. The molecule has 0 bridgehead atoms. The Morgan fingerprint density at radius 3 is 2.45 bits per heavy atom. The van der Waals surface area contributed by atoms with Crippen molar-refractivity contribution in [2.45, 2.75) is 30.7 Å². The van der Waals surface area contributed by atoms with E-state index < -0.39 is 27.7 Å². The van der Waals surface area contributed by atoms with Gasteiger partial charge in [-0.15, -0.1) is 0 Å². The van der Waals surface area contributed by atoms with Crippen LogP contribution < -0.4 is 4.80 Å². The number of carbonyl (C=O) groups excluding carboxylic acids is 2. The van der Waals surface area contributed by atoms with Crippen LogP contribution in [-0.4, -0.2) is 49.4 Å². The van der Waals surface area contributed by atoms with Gasteiger partial charge in [0.25, 0.3) is 5.91 Å². The Morgan fingerprint density at radius 1 is 1.09 bits per heavy atom. The van der Waals surface area contributed by atoms with Crippen LogP contribution in [0.1, 0.15) is 29.6 Å². The summed E-state index contributed by atoms with van der Waals surface area (Å²) in [4.78, 5) is 29.1. The molecule has 174 valence electrons. The van der Waals surface area contributed by atoms with Crippen LogP contribution in [0, 0.1) is 5.82 Å². The van der Waals surface area contributed by atoms with E-state index in [1.807, 2.05) is 0 Å². The molecule has 1 fully saturated rings. The van der Waals surface area contributed by atoms with Crippen molar-refractivity contribution in [2.75, 3.05) is 20.2 Å². The normalized spacial score (nSPS) is 15.6. The number of esters is 1. The van der Waals surface area contributed by atoms with Crippen LogP contribution in [0.25, 0.3) is 10.2 Å². The van der Waals surface area contributed by atoms with Gasteiger partial charge >= 0.3 is 5.97 Å². The number of fused-ring (bicyclic) bond motifs is 1. The van der Waals surface area contributed by atoms with Gasteiger partial charge < -0.3 is 9.30 Å². The molecular formula is C22H22FN3O5S2. The number of halogens is 1. The van der Waals surface area contributed by atoms with Crippen molar-refractivity contribution in [2.24, 2.45) is 4.99 Å². The van der Waals surface area contributed by atoms with Crippen molar-refractivity contribution in [1.29, 1.82) is 0 Å². The minimum atomic E-state index is -3.61. The van der Waals surface area contributed by atoms with Gasteiger partial charge in [0.1, 0.15) is 12.4 Å². The summed E-state index contributed by atoms with van der Waals surface area (Å²) in [5, 5.41) is 0. The molecule has 1 aromatic heterocycles. The molecule has 0 aliphatic carbocycles. The van der Waals surface area contributed by atoms with Crippen molar-refractivity contribution >= 4 is 43.5 Å².